The molecular formula is C16H19N3OS. The molecule has 0 fully saturated rings. The highest BCUT2D eigenvalue weighted by molar-refractivity contribution is 7.22. The van der Waals surface area contributed by atoms with Crippen LogP contribution in [0.2, 0.25) is 0 Å². The summed E-state index contributed by atoms with van der Waals surface area (Å²) < 4.78 is 1.06. The Labute approximate surface area is 128 Å². The predicted molar refractivity (Wildman–Crippen MR) is 86.3 cm³/mol. The van der Waals surface area contributed by atoms with E-state index in [0.717, 1.165) is 16.6 Å². The molecule has 1 heterocycles. The Balaban J connectivity index is 2.19. The van der Waals surface area contributed by atoms with E-state index in [1.807, 2.05) is 12.1 Å². The number of aryl methyl sites for hydroxylation is 1. The van der Waals surface area contributed by atoms with Crippen LogP contribution in [0.4, 0.5) is 5.13 Å². The second-order valence-electron chi connectivity index (χ2n) is 5.62. The van der Waals surface area contributed by atoms with Crippen molar-refractivity contribution in [2.24, 2.45) is 5.41 Å². The van der Waals surface area contributed by atoms with Crippen molar-refractivity contribution in [3.63, 3.8) is 0 Å². The molecule has 2 aromatic rings. The number of carbonyl (C=O) groups is 1. The molecule has 5 heteroatoms. The zero-order valence-corrected chi connectivity index (χ0v) is 13.4. The molecule has 0 spiro atoms. The lowest BCUT2D eigenvalue weighted by Crippen LogP contribution is -2.29. The Kier molecular flexibility index (Phi) is 4.59. The number of anilines is 1. The monoisotopic (exact) mass is 301 g/mol. The van der Waals surface area contributed by atoms with E-state index in [0.29, 0.717) is 5.13 Å². The van der Waals surface area contributed by atoms with Gasteiger partial charge in [-0.25, -0.2) is 4.98 Å². The number of hydrogen-bond acceptors (Lipinski definition) is 4. The van der Waals surface area contributed by atoms with E-state index in [-0.39, 0.29) is 5.91 Å². The van der Waals surface area contributed by atoms with E-state index in [9.17, 15) is 4.79 Å². The van der Waals surface area contributed by atoms with Crippen LogP contribution < -0.4 is 5.32 Å². The molecule has 4 nitrogen and oxygen atoms in total. The first-order valence-electron chi connectivity index (χ1n) is 7.08. The third-order valence-electron chi connectivity index (χ3n) is 3.34. The number of amides is 1. The van der Waals surface area contributed by atoms with Gasteiger partial charge in [0, 0.05) is 0 Å². The van der Waals surface area contributed by atoms with Crippen molar-refractivity contribution < 1.29 is 4.79 Å². The molecule has 0 aliphatic rings. The van der Waals surface area contributed by atoms with Crippen LogP contribution in [0.3, 0.4) is 0 Å². The fourth-order valence-corrected chi connectivity index (χ4v) is 2.79. The van der Waals surface area contributed by atoms with Gasteiger partial charge in [-0.15, -0.1) is 0 Å². The van der Waals surface area contributed by atoms with Gasteiger partial charge in [0.15, 0.2) is 5.13 Å². The number of carbonyl (C=O) groups excluding carboxylic acids is 1. The van der Waals surface area contributed by atoms with Crippen molar-refractivity contribution >= 4 is 32.6 Å². The topological polar surface area (TPSA) is 65.8 Å². The number of aromatic nitrogens is 1. The second-order valence-corrected chi connectivity index (χ2v) is 6.65. The van der Waals surface area contributed by atoms with Gasteiger partial charge >= 0.3 is 0 Å². The number of thiazole rings is 1. The van der Waals surface area contributed by atoms with Gasteiger partial charge < -0.3 is 5.32 Å². The Morgan fingerprint density at radius 3 is 2.90 bits per heavy atom. The summed E-state index contributed by atoms with van der Waals surface area (Å²) in [6, 6.07) is 8.20. The van der Waals surface area contributed by atoms with E-state index in [1.54, 1.807) is 13.8 Å². The molecule has 21 heavy (non-hydrogen) atoms. The molecule has 0 bridgehead atoms. The highest BCUT2D eigenvalue weighted by Gasteiger charge is 2.28. The standard InChI is InChI=1S/C16H19N3OS/c1-4-5-6-11-7-8-12-13(9-11)21-15(18-12)19-14(20)16(2,3)10-17/h7-9H,4-6H2,1-3H3,(H,18,19,20). The molecule has 1 amide bonds. The molecule has 1 aromatic heterocycles. The number of rotatable bonds is 5. The highest BCUT2D eigenvalue weighted by Crippen LogP contribution is 2.28. The molecule has 0 unspecified atom stereocenters. The van der Waals surface area contributed by atoms with E-state index in [2.05, 4.69) is 29.4 Å². The van der Waals surface area contributed by atoms with Crippen LogP contribution in [-0.4, -0.2) is 10.9 Å². The fraction of sp³-hybridized carbons (Fsp3) is 0.438. The largest absolute Gasteiger partial charge is 0.301 e. The van der Waals surface area contributed by atoms with Gasteiger partial charge in [-0.2, -0.15) is 5.26 Å². The average molecular weight is 301 g/mol. The zero-order valence-electron chi connectivity index (χ0n) is 12.6. The van der Waals surface area contributed by atoms with E-state index in [1.165, 1.54) is 29.7 Å². The maximum Gasteiger partial charge on any atom is 0.246 e. The van der Waals surface area contributed by atoms with Crippen LogP contribution in [0.1, 0.15) is 39.2 Å². The van der Waals surface area contributed by atoms with Gasteiger partial charge in [0.25, 0.3) is 0 Å². The zero-order chi connectivity index (χ0) is 15.5. The van der Waals surface area contributed by atoms with Gasteiger partial charge in [0.2, 0.25) is 5.91 Å². The summed E-state index contributed by atoms with van der Waals surface area (Å²) >= 11 is 1.45. The molecule has 0 atom stereocenters. The van der Waals surface area contributed by atoms with Crippen LogP contribution in [0.5, 0.6) is 0 Å². The smallest absolute Gasteiger partial charge is 0.246 e. The lowest BCUT2D eigenvalue weighted by atomic mass is 9.95. The number of unbranched alkanes of at least 4 members (excludes halogenated alkanes) is 1. The van der Waals surface area contributed by atoms with E-state index in [4.69, 9.17) is 5.26 Å². The second kappa shape index (κ2) is 6.23. The lowest BCUT2D eigenvalue weighted by Gasteiger charge is -2.12. The summed E-state index contributed by atoms with van der Waals surface area (Å²) in [5, 5.41) is 12.3. The third-order valence-corrected chi connectivity index (χ3v) is 4.27. The maximum absolute atomic E-state index is 12.0. The number of nitrogens with one attached hydrogen (secondary N) is 1. The van der Waals surface area contributed by atoms with Crippen LogP contribution in [0, 0.1) is 16.7 Å². The number of hydrogen-bond donors (Lipinski definition) is 1. The van der Waals surface area contributed by atoms with Crippen molar-refractivity contribution in [1.82, 2.24) is 4.98 Å². The van der Waals surface area contributed by atoms with Crippen molar-refractivity contribution in [2.45, 2.75) is 40.0 Å². The number of benzene rings is 1. The first-order valence-corrected chi connectivity index (χ1v) is 7.90. The summed E-state index contributed by atoms with van der Waals surface area (Å²) in [6.07, 6.45) is 3.41. The minimum atomic E-state index is -1.05. The Bertz CT molecular complexity index is 697. The highest BCUT2D eigenvalue weighted by atomic mass is 32.1. The summed E-state index contributed by atoms with van der Waals surface area (Å²) in [7, 11) is 0. The van der Waals surface area contributed by atoms with Gasteiger partial charge in [0.05, 0.1) is 16.3 Å². The molecule has 0 saturated carbocycles. The molecule has 0 radical (unpaired) electrons. The minimum Gasteiger partial charge on any atom is -0.301 e. The Hall–Kier alpha value is -1.93. The minimum absolute atomic E-state index is 0.324. The van der Waals surface area contributed by atoms with Crippen LogP contribution in [-0.2, 0) is 11.2 Å². The fourth-order valence-electron chi connectivity index (χ4n) is 1.86. The lowest BCUT2D eigenvalue weighted by molar-refractivity contribution is -0.121. The Morgan fingerprint density at radius 2 is 2.24 bits per heavy atom. The van der Waals surface area contributed by atoms with Gasteiger partial charge in [-0.3, -0.25) is 4.79 Å². The third kappa shape index (κ3) is 3.59. The number of nitriles is 1. The molecule has 0 aliphatic heterocycles. The molecule has 0 saturated heterocycles. The molecule has 0 aliphatic carbocycles. The van der Waals surface area contributed by atoms with Gasteiger partial charge in [0.1, 0.15) is 5.41 Å². The molecule has 1 aromatic carbocycles. The van der Waals surface area contributed by atoms with Crippen LogP contribution in [0.15, 0.2) is 18.2 Å². The summed E-state index contributed by atoms with van der Waals surface area (Å²) in [5.74, 6) is -0.324. The molecular weight excluding hydrogens is 282 g/mol. The molecule has 1 N–H and O–H groups in total. The maximum atomic E-state index is 12.0. The van der Waals surface area contributed by atoms with Crippen molar-refractivity contribution in [1.29, 1.82) is 5.26 Å². The van der Waals surface area contributed by atoms with Crippen LogP contribution >= 0.6 is 11.3 Å². The summed E-state index contributed by atoms with van der Waals surface area (Å²) in [4.78, 5) is 16.4. The van der Waals surface area contributed by atoms with Crippen molar-refractivity contribution in [2.75, 3.05) is 5.32 Å². The van der Waals surface area contributed by atoms with Gasteiger partial charge in [-0.1, -0.05) is 30.7 Å². The SMILES string of the molecule is CCCCc1ccc2nc(NC(=O)C(C)(C)C#N)sc2c1. The molecule has 2 rings (SSSR count). The summed E-state index contributed by atoms with van der Waals surface area (Å²) in [6.45, 7) is 5.37. The van der Waals surface area contributed by atoms with E-state index >= 15 is 0 Å². The quantitative estimate of drug-likeness (QED) is 0.903. The first kappa shape index (κ1) is 15.5. The molecule has 110 valence electrons. The average Bonchev–Trinajstić information content (AvgIpc) is 2.86. The normalized spacial score (nSPS) is 11.3. The van der Waals surface area contributed by atoms with E-state index < -0.39 is 5.41 Å². The number of fused-ring (bicyclic) bond motifs is 1. The van der Waals surface area contributed by atoms with Crippen molar-refractivity contribution in [3.8, 4) is 6.07 Å². The first-order chi connectivity index (χ1) is 9.96. The summed E-state index contributed by atoms with van der Waals surface area (Å²) in [5.41, 5.74) is 1.12. The van der Waals surface area contributed by atoms with Crippen LogP contribution in [0.25, 0.3) is 10.2 Å². The Morgan fingerprint density at radius 1 is 1.48 bits per heavy atom. The number of nitrogens with zero attached hydrogens (tertiary/aromatic N) is 2. The van der Waals surface area contributed by atoms with Gasteiger partial charge in [-0.05, 0) is 44.4 Å². The predicted octanol–water partition coefficient (Wildman–Crippen LogP) is 4.13. The van der Waals surface area contributed by atoms with Crippen molar-refractivity contribution in [3.05, 3.63) is 23.8 Å².